The minimum absolute atomic E-state index is 0.0438. The Labute approximate surface area is 128 Å². The maximum atomic E-state index is 12.8. The summed E-state index contributed by atoms with van der Waals surface area (Å²) < 4.78 is 39.3. The largest absolute Gasteiger partial charge is 0.368 e. The smallest absolute Gasteiger partial charge is 0.263 e. The fourth-order valence-corrected chi connectivity index (χ4v) is 2.60. The normalized spacial score (nSPS) is 11.5. The molecular formula is C14H17FN4O2S. The van der Waals surface area contributed by atoms with Gasteiger partial charge in [-0.15, -0.1) is 10.2 Å². The Morgan fingerprint density at radius 3 is 2.18 bits per heavy atom. The van der Waals surface area contributed by atoms with E-state index in [2.05, 4.69) is 34.1 Å². The molecule has 0 saturated heterocycles. The number of aromatic nitrogens is 2. The van der Waals surface area contributed by atoms with Crippen LogP contribution in [0.5, 0.6) is 0 Å². The van der Waals surface area contributed by atoms with Gasteiger partial charge in [-0.3, -0.25) is 4.72 Å². The van der Waals surface area contributed by atoms with Crippen molar-refractivity contribution >= 4 is 21.7 Å². The molecule has 0 unspecified atom stereocenters. The molecule has 22 heavy (non-hydrogen) atoms. The van der Waals surface area contributed by atoms with Crippen LogP contribution in [0.1, 0.15) is 13.8 Å². The van der Waals surface area contributed by atoms with Crippen molar-refractivity contribution in [1.82, 2.24) is 10.2 Å². The first-order valence-electron chi connectivity index (χ1n) is 6.73. The average molecular weight is 324 g/mol. The van der Waals surface area contributed by atoms with Gasteiger partial charge in [0.2, 0.25) is 0 Å². The van der Waals surface area contributed by atoms with E-state index in [9.17, 15) is 12.8 Å². The molecule has 1 heterocycles. The van der Waals surface area contributed by atoms with Gasteiger partial charge >= 0.3 is 0 Å². The van der Waals surface area contributed by atoms with Crippen molar-refractivity contribution < 1.29 is 12.8 Å². The van der Waals surface area contributed by atoms with Crippen LogP contribution in [-0.2, 0) is 10.0 Å². The summed E-state index contributed by atoms with van der Waals surface area (Å²) in [5.74, 6) is 0.621. The zero-order valence-electron chi connectivity index (χ0n) is 12.2. The number of halogens is 1. The molecule has 8 heteroatoms. The molecule has 0 bridgehead atoms. The van der Waals surface area contributed by atoms with Crippen LogP contribution < -0.4 is 10.0 Å². The highest BCUT2D eigenvalue weighted by Crippen LogP contribution is 2.15. The third-order valence-corrected chi connectivity index (χ3v) is 4.09. The highest BCUT2D eigenvalue weighted by atomic mass is 32.2. The highest BCUT2D eigenvalue weighted by molar-refractivity contribution is 7.92. The van der Waals surface area contributed by atoms with Gasteiger partial charge in [-0.1, -0.05) is 13.8 Å². The van der Waals surface area contributed by atoms with Crippen LogP contribution in [0.4, 0.5) is 16.0 Å². The molecule has 118 valence electrons. The van der Waals surface area contributed by atoms with E-state index in [1.54, 1.807) is 6.07 Å². The lowest BCUT2D eigenvalue weighted by Crippen LogP contribution is -2.15. The lowest BCUT2D eigenvalue weighted by Gasteiger charge is -2.09. The molecule has 1 aromatic heterocycles. The Hall–Kier alpha value is -2.22. The van der Waals surface area contributed by atoms with Crippen LogP contribution in [0.2, 0.25) is 0 Å². The fourth-order valence-electron chi connectivity index (χ4n) is 1.60. The average Bonchev–Trinajstić information content (AvgIpc) is 2.46. The highest BCUT2D eigenvalue weighted by Gasteiger charge is 2.15. The number of anilines is 2. The molecule has 2 N–H and O–H groups in total. The van der Waals surface area contributed by atoms with Gasteiger partial charge in [0, 0.05) is 6.54 Å². The third-order valence-electron chi connectivity index (χ3n) is 2.72. The van der Waals surface area contributed by atoms with E-state index in [1.807, 2.05) is 0 Å². The van der Waals surface area contributed by atoms with Crippen molar-refractivity contribution in [3.8, 4) is 0 Å². The van der Waals surface area contributed by atoms with E-state index in [4.69, 9.17) is 0 Å². The second-order valence-corrected chi connectivity index (χ2v) is 6.82. The van der Waals surface area contributed by atoms with Crippen LogP contribution in [0.15, 0.2) is 41.3 Å². The number of nitrogens with one attached hydrogen (secondary N) is 2. The quantitative estimate of drug-likeness (QED) is 0.853. The van der Waals surface area contributed by atoms with Crippen molar-refractivity contribution in [1.29, 1.82) is 0 Å². The topological polar surface area (TPSA) is 84.0 Å². The Morgan fingerprint density at radius 1 is 1.05 bits per heavy atom. The molecular weight excluding hydrogens is 307 g/mol. The Kier molecular flexibility index (Phi) is 4.92. The maximum absolute atomic E-state index is 12.8. The molecule has 1 aromatic carbocycles. The van der Waals surface area contributed by atoms with E-state index in [0.29, 0.717) is 11.7 Å². The molecule has 0 aliphatic carbocycles. The second-order valence-electron chi connectivity index (χ2n) is 5.14. The number of sulfonamides is 1. The summed E-state index contributed by atoms with van der Waals surface area (Å²) in [5, 5.41) is 10.8. The van der Waals surface area contributed by atoms with Gasteiger partial charge < -0.3 is 5.32 Å². The molecule has 0 amide bonds. The zero-order valence-corrected chi connectivity index (χ0v) is 13.1. The van der Waals surface area contributed by atoms with E-state index >= 15 is 0 Å². The number of hydrogen-bond donors (Lipinski definition) is 2. The molecule has 0 radical (unpaired) electrons. The van der Waals surface area contributed by atoms with Gasteiger partial charge in [0.15, 0.2) is 5.82 Å². The van der Waals surface area contributed by atoms with Gasteiger partial charge in [-0.05, 0) is 42.3 Å². The van der Waals surface area contributed by atoms with Crippen molar-refractivity contribution in [2.24, 2.45) is 5.92 Å². The predicted molar refractivity (Wildman–Crippen MR) is 82.6 cm³/mol. The third kappa shape index (κ3) is 4.39. The molecule has 2 aromatic rings. The van der Waals surface area contributed by atoms with Gasteiger partial charge in [-0.25, -0.2) is 12.8 Å². The Balaban J connectivity index is 2.08. The first-order chi connectivity index (χ1) is 10.4. The van der Waals surface area contributed by atoms with E-state index in [0.717, 1.165) is 18.7 Å². The van der Waals surface area contributed by atoms with Crippen LogP contribution in [0.25, 0.3) is 0 Å². The SMILES string of the molecule is CC(C)CNc1ccc(NS(=O)(=O)c2ccc(F)cc2)nn1. The van der Waals surface area contributed by atoms with Crippen molar-refractivity contribution in [3.63, 3.8) is 0 Å². The monoisotopic (exact) mass is 324 g/mol. The van der Waals surface area contributed by atoms with Gasteiger partial charge in [0.05, 0.1) is 4.90 Å². The second kappa shape index (κ2) is 6.69. The molecule has 0 spiro atoms. The maximum Gasteiger partial charge on any atom is 0.263 e. The summed E-state index contributed by atoms with van der Waals surface area (Å²) >= 11 is 0. The first kappa shape index (κ1) is 16.2. The number of rotatable bonds is 6. The lowest BCUT2D eigenvalue weighted by atomic mass is 10.2. The number of hydrogen-bond acceptors (Lipinski definition) is 5. The van der Waals surface area contributed by atoms with Crippen molar-refractivity contribution in [2.45, 2.75) is 18.7 Å². The first-order valence-corrected chi connectivity index (χ1v) is 8.21. The minimum atomic E-state index is -3.81. The van der Waals surface area contributed by atoms with Crippen LogP contribution >= 0.6 is 0 Å². The minimum Gasteiger partial charge on any atom is -0.368 e. The van der Waals surface area contributed by atoms with Gasteiger partial charge in [-0.2, -0.15) is 0 Å². The van der Waals surface area contributed by atoms with E-state index in [-0.39, 0.29) is 10.7 Å². The number of benzene rings is 1. The predicted octanol–water partition coefficient (Wildman–Crippen LogP) is 2.48. The standard InChI is InChI=1S/C14H17FN4O2S/c1-10(2)9-16-13-7-8-14(18-17-13)19-22(20,21)12-5-3-11(15)4-6-12/h3-8,10H,9H2,1-2H3,(H,16,17)(H,18,19). The van der Waals surface area contributed by atoms with Gasteiger partial charge in [0.1, 0.15) is 11.6 Å². The molecule has 0 aliphatic heterocycles. The summed E-state index contributed by atoms with van der Waals surface area (Å²) in [7, 11) is -3.81. The van der Waals surface area contributed by atoms with E-state index in [1.165, 1.54) is 18.2 Å². The molecule has 2 rings (SSSR count). The molecule has 0 aliphatic rings. The van der Waals surface area contributed by atoms with Crippen LogP contribution in [0, 0.1) is 11.7 Å². The van der Waals surface area contributed by atoms with Crippen molar-refractivity contribution in [2.75, 3.05) is 16.6 Å². The number of nitrogens with zero attached hydrogens (tertiary/aromatic N) is 2. The molecule has 6 nitrogen and oxygen atoms in total. The summed E-state index contributed by atoms with van der Waals surface area (Å²) in [6, 6.07) is 7.68. The summed E-state index contributed by atoms with van der Waals surface area (Å²) in [4.78, 5) is -0.0438. The fraction of sp³-hybridized carbons (Fsp3) is 0.286. The molecule has 0 saturated carbocycles. The van der Waals surface area contributed by atoms with Crippen LogP contribution in [0.3, 0.4) is 0 Å². The molecule has 0 atom stereocenters. The summed E-state index contributed by atoms with van der Waals surface area (Å²) in [6.45, 7) is 4.87. The van der Waals surface area contributed by atoms with E-state index < -0.39 is 15.8 Å². The lowest BCUT2D eigenvalue weighted by molar-refractivity contribution is 0.599. The summed E-state index contributed by atoms with van der Waals surface area (Å²) in [6.07, 6.45) is 0. The Morgan fingerprint density at radius 2 is 1.64 bits per heavy atom. The zero-order chi connectivity index (χ0) is 16.2. The van der Waals surface area contributed by atoms with Gasteiger partial charge in [0.25, 0.3) is 10.0 Å². The van der Waals surface area contributed by atoms with Crippen LogP contribution in [-0.4, -0.2) is 25.2 Å². The Bertz CT molecular complexity index is 716. The van der Waals surface area contributed by atoms with Crippen molar-refractivity contribution in [3.05, 3.63) is 42.2 Å². The molecule has 0 fully saturated rings. The summed E-state index contributed by atoms with van der Waals surface area (Å²) in [5.41, 5.74) is 0.